The fourth-order valence-corrected chi connectivity index (χ4v) is 3.55. The molecule has 2 N–H and O–H groups in total. The quantitative estimate of drug-likeness (QED) is 0.838. The lowest BCUT2D eigenvalue weighted by Crippen LogP contribution is -2.51. The van der Waals surface area contributed by atoms with Crippen LogP contribution in [0.2, 0.25) is 0 Å². The molecule has 0 bridgehead atoms. The maximum Gasteiger partial charge on any atom is 0.305 e. The molecule has 0 saturated heterocycles. The Bertz CT molecular complexity index is 558. The standard InChI is InChI=1S/C15H20FNO3S/c1-14(2,3)21(20)17-15(9-13(18)19)7-6-10-4-5-11(16)8-12(10)15/h4-5,8,17H,6-7,9H2,1-3H3,(H,18,19)/t15-,21+/m1/s1. The highest BCUT2D eigenvalue weighted by Gasteiger charge is 2.46. The first kappa shape index (κ1) is 16.3. The summed E-state index contributed by atoms with van der Waals surface area (Å²) in [4.78, 5) is 11.3. The van der Waals surface area contributed by atoms with Crippen molar-refractivity contribution in [3.05, 3.63) is 35.1 Å². The van der Waals surface area contributed by atoms with E-state index in [1.807, 2.05) is 20.8 Å². The average molecular weight is 313 g/mol. The van der Waals surface area contributed by atoms with Crippen LogP contribution in [0.5, 0.6) is 0 Å². The third-order valence-electron chi connectivity index (χ3n) is 3.71. The van der Waals surface area contributed by atoms with Gasteiger partial charge in [0.15, 0.2) is 0 Å². The van der Waals surface area contributed by atoms with Gasteiger partial charge in [-0.1, -0.05) is 6.07 Å². The summed E-state index contributed by atoms with van der Waals surface area (Å²) in [5.74, 6) is -1.40. The molecule has 116 valence electrons. The molecule has 21 heavy (non-hydrogen) atoms. The third kappa shape index (κ3) is 3.39. The molecular weight excluding hydrogens is 293 g/mol. The number of nitrogens with one attached hydrogen (secondary N) is 1. The van der Waals surface area contributed by atoms with Crippen molar-refractivity contribution in [3.63, 3.8) is 0 Å². The Morgan fingerprint density at radius 3 is 2.76 bits per heavy atom. The number of carboxylic acids is 1. The molecule has 0 amide bonds. The molecule has 0 fully saturated rings. The van der Waals surface area contributed by atoms with Crippen LogP contribution in [0.25, 0.3) is 0 Å². The van der Waals surface area contributed by atoms with Gasteiger partial charge in [0.05, 0.1) is 12.0 Å². The number of aliphatic carboxylic acids is 1. The SMILES string of the molecule is CC(C)(C)[S@+]([O-])N[C@@]1(CC(=O)O)CCc2ccc(F)cc21. The number of rotatable bonds is 4. The van der Waals surface area contributed by atoms with Gasteiger partial charge in [-0.05, 0) is 56.9 Å². The first-order chi connectivity index (χ1) is 9.64. The third-order valence-corrected chi connectivity index (χ3v) is 5.39. The molecule has 1 aromatic carbocycles. The van der Waals surface area contributed by atoms with E-state index in [1.54, 1.807) is 6.07 Å². The van der Waals surface area contributed by atoms with Gasteiger partial charge in [-0.2, -0.15) is 0 Å². The summed E-state index contributed by atoms with van der Waals surface area (Å²) in [5, 5.41) is 9.22. The minimum Gasteiger partial charge on any atom is -0.598 e. The van der Waals surface area contributed by atoms with Gasteiger partial charge >= 0.3 is 5.97 Å². The van der Waals surface area contributed by atoms with Crippen LogP contribution in [0.15, 0.2) is 18.2 Å². The number of aryl methyl sites for hydroxylation is 1. The summed E-state index contributed by atoms with van der Waals surface area (Å²) in [5.41, 5.74) is 0.556. The van der Waals surface area contributed by atoms with E-state index in [0.717, 1.165) is 5.56 Å². The molecule has 4 nitrogen and oxygen atoms in total. The van der Waals surface area contributed by atoms with E-state index in [1.165, 1.54) is 12.1 Å². The van der Waals surface area contributed by atoms with Gasteiger partial charge in [-0.15, -0.1) is 4.72 Å². The topological polar surface area (TPSA) is 72.4 Å². The van der Waals surface area contributed by atoms with Crippen molar-refractivity contribution in [2.75, 3.05) is 0 Å². The van der Waals surface area contributed by atoms with Crippen molar-refractivity contribution < 1.29 is 18.8 Å². The van der Waals surface area contributed by atoms with E-state index in [-0.39, 0.29) is 6.42 Å². The number of carbonyl (C=O) groups is 1. The fraction of sp³-hybridized carbons (Fsp3) is 0.533. The van der Waals surface area contributed by atoms with Crippen LogP contribution in [0.4, 0.5) is 4.39 Å². The molecule has 0 aliphatic heterocycles. The molecule has 0 heterocycles. The van der Waals surface area contributed by atoms with Crippen molar-refractivity contribution in [3.8, 4) is 0 Å². The Labute approximate surface area is 127 Å². The summed E-state index contributed by atoms with van der Waals surface area (Å²) >= 11 is -1.43. The highest BCUT2D eigenvalue weighted by Crippen LogP contribution is 2.41. The lowest BCUT2D eigenvalue weighted by Gasteiger charge is -2.34. The Morgan fingerprint density at radius 2 is 2.19 bits per heavy atom. The highest BCUT2D eigenvalue weighted by molar-refractivity contribution is 7.90. The van der Waals surface area contributed by atoms with Crippen LogP contribution in [0.3, 0.4) is 0 Å². The molecule has 2 rings (SSSR count). The number of hydrogen-bond acceptors (Lipinski definition) is 3. The Hall–Kier alpha value is -1.11. The second-order valence-corrected chi connectivity index (χ2v) is 8.40. The van der Waals surface area contributed by atoms with Crippen molar-refractivity contribution in [2.45, 2.75) is 50.3 Å². The number of benzene rings is 1. The normalized spacial score (nSPS) is 22.9. The molecule has 1 aliphatic carbocycles. The van der Waals surface area contributed by atoms with Gasteiger partial charge in [-0.25, -0.2) is 4.39 Å². The first-order valence-electron chi connectivity index (χ1n) is 6.84. The van der Waals surface area contributed by atoms with Gasteiger partial charge < -0.3 is 9.66 Å². The zero-order chi connectivity index (χ0) is 15.8. The molecule has 0 spiro atoms. The summed E-state index contributed by atoms with van der Waals surface area (Å²) in [6.45, 7) is 5.43. The molecule has 1 aliphatic rings. The first-order valence-corrected chi connectivity index (χ1v) is 7.99. The van der Waals surface area contributed by atoms with Gasteiger partial charge in [0, 0.05) is 11.4 Å². The van der Waals surface area contributed by atoms with Crippen molar-refractivity contribution >= 4 is 17.3 Å². The Morgan fingerprint density at radius 1 is 1.52 bits per heavy atom. The number of halogens is 1. The second kappa shape index (κ2) is 5.59. The van der Waals surface area contributed by atoms with Gasteiger partial charge in [0.25, 0.3) is 0 Å². The number of fused-ring (bicyclic) bond motifs is 1. The summed E-state index contributed by atoms with van der Waals surface area (Å²) < 4.78 is 28.4. The lowest BCUT2D eigenvalue weighted by atomic mass is 9.89. The Kier molecular flexibility index (Phi) is 4.33. The minimum absolute atomic E-state index is 0.217. The van der Waals surface area contributed by atoms with Gasteiger partial charge in [0.1, 0.15) is 10.6 Å². The predicted molar refractivity (Wildman–Crippen MR) is 79.7 cm³/mol. The second-order valence-electron chi connectivity index (χ2n) is 6.44. The maximum atomic E-state index is 13.6. The van der Waals surface area contributed by atoms with Gasteiger partial charge in [0.2, 0.25) is 0 Å². The van der Waals surface area contributed by atoms with E-state index in [4.69, 9.17) is 0 Å². The van der Waals surface area contributed by atoms with Crippen LogP contribution in [0.1, 0.15) is 44.7 Å². The fourth-order valence-electron chi connectivity index (χ4n) is 2.61. The molecular formula is C15H20FNO3S. The minimum atomic E-state index is -1.43. The van der Waals surface area contributed by atoms with E-state index < -0.39 is 33.4 Å². The summed E-state index contributed by atoms with van der Waals surface area (Å²) in [6, 6.07) is 4.41. The molecule has 0 saturated carbocycles. The number of carboxylic acid groups (broad SMARTS) is 1. The smallest absolute Gasteiger partial charge is 0.305 e. The predicted octanol–water partition coefficient (Wildman–Crippen LogP) is 2.49. The molecule has 1 aromatic rings. The van der Waals surface area contributed by atoms with E-state index in [0.29, 0.717) is 18.4 Å². The van der Waals surface area contributed by atoms with E-state index >= 15 is 0 Å². The molecule has 0 radical (unpaired) electrons. The zero-order valence-electron chi connectivity index (χ0n) is 12.4. The zero-order valence-corrected chi connectivity index (χ0v) is 13.2. The van der Waals surface area contributed by atoms with E-state index in [2.05, 4.69) is 4.72 Å². The van der Waals surface area contributed by atoms with Crippen molar-refractivity contribution in [1.29, 1.82) is 0 Å². The van der Waals surface area contributed by atoms with Crippen LogP contribution in [-0.2, 0) is 28.1 Å². The van der Waals surface area contributed by atoms with Crippen LogP contribution in [0, 0.1) is 5.82 Å². The largest absolute Gasteiger partial charge is 0.598 e. The molecule has 6 heteroatoms. The molecule has 2 atom stereocenters. The maximum absolute atomic E-state index is 13.6. The number of hydrogen-bond donors (Lipinski definition) is 2. The summed E-state index contributed by atoms with van der Waals surface area (Å²) in [7, 11) is 0. The molecule has 0 aromatic heterocycles. The van der Waals surface area contributed by atoms with E-state index in [9.17, 15) is 18.8 Å². The lowest BCUT2D eigenvalue weighted by molar-refractivity contribution is -0.138. The molecule has 0 unspecified atom stereocenters. The average Bonchev–Trinajstić information content (AvgIpc) is 2.66. The van der Waals surface area contributed by atoms with Crippen molar-refractivity contribution in [1.82, 2.24) is 4.72 Å². The van der Waals surface area contributed by atoms with Crippen LogP contribution in [-0.4, -0.2) is 20.4 Å². The van der Waals surface area contributed by atoms with Crippen LogP contribution >= 0.6 is 0 Å². The Balaban J connectivity index is 2.42. The van der Waals surface area contributed by atoms with Gasteiger partial charge in [-0.3, -0.25) is 4.79 Å². The van der Waals surface area contributed by atoms with Crippen LogP contribution < -0.4 is 4.72 Å². The highest BCUT2D eigenvalue weighted by atomic mass is 32.2. The monoisotopic (exact) mass is 313 g/mol. The summed E-state index contributed by atoms with van der Waals surface area (Å²) in [6.07, 6.45) is 0.933. The van der Waals surface area contributed by atoms with Crippen molar-refractivity contribution in [2.24, 2.45) is 0 Å².